The maximum absolute atomic E-state index is 6.18. The fraction of sp³-hybridized carbons (Fsp3) is 0.429. The van der Waals surface area contributed by atoms with E-state index < -0.39 is 0 Å². The molecule has 0 saturated heterocycles. The van der Waals surface area contributed by atoms with Gasteiger partial charge in [0.1, 0.15) is 0 Å². The molecule has 43 heavy (non-hydrogen) atoms. The van der Waals surface area contributed by atoms with Crippen molar-refractivity contribution in [2.75, 3.05) is 6.61 Å². The number of fused-ring (bicyclic) bond motifs is 6. The minimum atomic E-state index is 0.109. The minimum Gasteiger partial charge on any atom is -0.376 e. The van der Waals surface area contributed by atoms with Gasteiger partial charge in [-0.15, -0.1) is 0 Å². The molecule has 0 saturated carbocycles. The third-order valence-electron chi connectivity index (χ3n) is 10.2. The maximum atomic E-state index is 6.18. The summed E-state index contributed by atoms with van der Waals surface area (Å²) in [6, 6.07) is 28.6. The SMILES string of the molecule is CCCCCCC1(CCCCCC)c2cc(C)ccc2-c2ccc(-c3ccc4c(c3)COCCc3cc(C)ccc3-4)cc21. The lowest BCUT2D eigenvalue weighted by Crippen LogP contribution is -2.25. The molecule has 6 rings (SSSR count). The van der Waals surface area contributed by atoms with Crippen molar-refractivity contribution >= 4 is 0 Å². The summed E-state index contributed by atoms with van der Waals surface area (Å²) in [5.74, 6) is 0. The van der Waals surface area contributed by atoms with E-state index in [0.29, 0.717) is 6.61 Å². The van der Waals surface area contributed by atoms with E-state index in [1.54, 1.807) is 11.1 Å². The molecule has 2 aliphatic rings. The highest BCUT2D eigenvalue weighted by molar-refractivity contribution is 5.85. The molecule has 0 aromatic heterocycles. The Hall–Kier alpha value is -3.16. The molecule has 1 heteroatoms. The molecule has 1 aliphatic carbocycles. The lowest BCUT2D eigenvalue weighted by atomic mass is 9.70. The smallest absolute Gasteiger partial charge is 0.0723 e. The van der Waals surface area contributed by atoms with Crippen LogP contribution in [0.5, 0.6) is 0 Å². The molecule has 0 fully saturated rings. The highest BCUT2D eigenvalue weighted by atomic mass is 16.5. The monoisotopic (exact) mass is 570 g/mol. The Morgan fingerprint density at radius 3 is 1.81 bits per heavy atom. The molecule has 224 valence electrons. The van der Waals surface area contributed by atoms with Crippen molar-refractivity contribution in [3.63, 3.8) is 0 Å². The molecule has 1 aliphatic heterocycles. The van der Waals surface area contributed by atoms with E-state index in [2.05, 4.69) is 100 Å². The molecular weight excluding hydrogens is 520 g/mol. The molecule has 0 spiro atoms. The van der Waals surface area contributed by atoms with E-state index in [1.807, 2.05) is 0 Å². The lowest BCUT2D eigenvalue weighted by molar-refractivity contribution is 0.123. The van der Waals surface area contributed by atoms with E-state index in [1.165, 1.54) is 120 Å². The normalized spacial score (nSPS) is 14.8. The van der Waals surface area contributed by atoms with Gasteiger partial charge in [-0.3, -0.25) is 0 Å². The fourth-order valence-corrected chi connectivity index (χ4v) is 7.87. The topological polar surface area (TPSA) is 9.23 Å². The van der Waals surface area contributed by atoms with Crippen LogP contribution in [0.3, 0.4) is 0 Å². The van der Waals surface area contributed by atoms with E-state index in [9.17, 15) is 0 Å². The summed E-state index contributed by atoms with van der Waals surface area (Å²) in [5.41, 5.74) is 16.9. The van der Waals surface area contributed by atoms with Crippen molar-refractivity contribution in [2.45, 2.75) is 110 Å². The number of ether oxygens (including phenoxy) is 1. The van der Waals surface area contributed by atoms with Gasteiger partial charge < -0.3 is 4.74 Å². The van der Waals surface area contributed by atoms with Crippen LogP contribution in [-0.4, -0.2) is 6.61 Å². The third-order valence-corrected chi connectivity index (χ3v) is 10.2. The van der Waals surface area contributed by atoms with Gasteiger partial charge in [-0.05, 0) is 101 Å². The first-order valence-corrected chi connectivity index (χ1v) is 17.1. The van der Waals surface area contributed by atoms with Crippen molar-refractivity contribution in [3.8, 4) is 33.4 Å². The standard InChI is InChI=1S/C42H50O/c1-5-7-9-11-22-42(23-12-10-8-6-2)40-26-31(4)14-18-38(40)39-20-16-33(28-41(39)42)32-15-19-37-35(27-32)29-43-24-21-34-25-30(3)13-17-36(34)37/h13-20,25-28H,5-12,21-24,29H2,1-4H3. The van der Waals surface area contributed by atoms with Crippen LogP contribution in [0.1, 0.15) is 111 Å². The summed E-state index contributed by atoms with van der Waals surface area (Å²) in [6.45, 7) is 10.5. The quantitative estimate of drug-likeness (QED) is 0.163. The molecule has 4 aromatic rings. The summed E-state index contributed by atoms with van der Waals surface area (Å²) in [4.78, 5) is 0. The Bertz CT molecular complexity index is 1560. The van der Waals surface area contributed by atoms with Crippen molar-refractivity contribution in [2.24, 2.45) is 0 Å². The first-order valence-electron chi connectivity index (χ1n) is 17.1. The maximum Gasteiger partial charge on any atom is 0.0723 e. The number of unbranched alkanes of at least 4 members (excludes halogenated alkanes) is 6. The summed E-state index contributed by atoms with van der Waals surface area (Å²) in [6.07, 6.45) is 14.0. The molecule has 0 amide bonds. The Kier molecular flexibility index (Phi) is 9.20. The number of hydrogen-bond donors (Lipinski definition) is 0. The van der Waals surface area contributed by atoms with Gasteiger partial charge >= 0.3 is 0 Å². The van der Waals surface area contributed by atoms with Crippen molar-refractivity contribution in [1.82, 2.24) is 0 Å². The van der Waals surface area contributed by atoms with Gasteiger partial charge in [-0.25, -0.2) is 0 Å². The average Bonchev–Trinajstić information content (AvgIpc) is 3.27. The van der Waals surface area contributed by atoms with E-state index in [-0.39, 0.29) is 5.41 Å². The predicted octanol–water partition coefficient (Wildman–Crippen LogP) is 11.9. The molecule has 1 nitrogen and oxygen atoms in total. The number of aryl methyl sites for hydroxylation is 2. The number of hydrogen-bond acceptors (Lipinski definition) is 1. The first-order chi connectivity index (χ1) is 21.0. The number of rotatable bonds is 11. The van der Waals surface area contributed by atoms with Crippen LogP contribution < -0.4 is 0 Å². The van der Waals surface area contributed by atoms with Crippen molar-refractivity contribution < 1.29 is 4.74 Å². The zero-order valence-electron chi connectivity index (χ0n) is 27.0. The van der Waals surface area contributed by atoms with Gasteiger partial charge in [0.25, 0.3) is 0 Å². The molecule has 0 atom stereocenters. The van der Waals surface area contributed by atoms with Gasteiger partial charge in [0.15, 0.2) is 0 Å². The zero-order valence-corrected chi connectivity index (χ0v) is 27.0. The predicted molar refractivity (Wildman–Crippen MR) is 184 cm³/mol. The summed E-state index contributed by atoms with van der Waals surface area (Å²) in [7, 11) is 0. The average molecular weight is 571 g/mol. The highest BCUT2D eigenvalue weighted by Gasteiger charge is 2.42. The fourth-order valence-electron chi connectivity index (χ4n) is 7.87. The lowest BCUT2D eigenvalue weighted by Gasteiger charge is -2.33. The summed E-state index contributed by atoms with van der Waals surface area (Å²) >= 11 is 0. The first kappa shape index (κ1) is 29.9. The molecule has 0 radical (unpaired) electrons. The van der Waals surface area contributed by atoms with Crippen LogP contribution in [-0.2, 0) is 23.2 Å². The van der Waals surface area contributed by atoms with Gasteiger partial charge in [0, 0.05) is 5.41 Å². The van der Waals surface area contributed by atoms with Crippen LogP contribution in [0.15, 0.2) is 72.8 Å². The van der Waals surface area contributed by atoms with Crippen LogP contribution >= 0.6 is 0 Å². The van der Waals surface area contributed by atoms with Crippen LogP contribution in [0.4, 0.5) is 0 Å². The summed E-state index contributed by atoms with van der Waals surface area (Å²) < 4.78 is 6.18. The van der Waals surface area contributed by atoms with Crippen LogP contribution in [0.25, 0.3) is 33.4 Å². The largest absolute Gasteiger partial charge is 0.376 e. The van der Waals surface area contributed by atoms with Crippen molar-refractivity contribution in [3.05, 3.63) is 106 Å². The molecule has 4 aromatic carbocycles. The second kappa shape index (κ2) is 13.2. The minimum absolute atomic E-state index is 0.109. The molecule has 0 unspecified atom stereocenters. The number of benzene rings is 4. The van der Waals surface area contributed by atoms with E-state index in [0.717, 1.165) is 13.0 Å². The van der Waals surface area contributed by atoms with Crippen LogP contribution in [0.2, 0.25) is 0 Å². The Labute approximate surface area is 260 Å². The van der Waals surface area contributed by atoms with Gasteiger partial charge in [0.2, 0.25) is 0 Å². The molecule has 0 bridgehead atoms. The molecular formula is C42H50O. The van der Waals surface area contributed by atoms with Crippen molar-refractivity contribution in [1.29, 1.82) is 0 Å². The van der Waals surface area contributed by atoms with Crippen LogP contribution in [0, 0.1) is 13.8 Å². The molecule has 1 heterocycles. The van der Waals surface area contributed by atoms with Gasteiger partial charge in [-0.2, -0.15) is 0 Å². The highest BCUT2D eigenvalue weighted by Crippen LogP contribution is 2.55. The Balaban J connectivity index is 1.43. The summed E-state index contributed by atoms with van der Waals surface area (Å²) in [5, 5.41) is 0. The Morgan fingerprint density at radius 1 is 0.558 bits per heavy atom. The second-order valence-corrected chi connectivity index (χ2v) is 13.3. The molecule has 0 N–H and O–H groups in total. The Morgan fingerprint density at radius 2 is 1.12 bits per heavy atom. The van der Waals surface area contributed by atoms with E-state index in [4.69, 9.17) is 4.74 Å². The van der Waals surface area contributed by atoms with E-state index >= 15 is 0 Å². The zero-order chi connectivity index (χ0) is 29.8. The van der Waals surface area contributed by atoms with Gasteiger partial charge in [-0.1, -0.05) is 137 Å². The second-order valence-electron chi connectivity index (χ2n) is 13.3. The third kappa shape index (κ3) is 5.99. The van der Waals surface area contributed by atoms with Gasteiger partial charge in [0.05, 0.1) is 13.2 Å².